The van der Waals surface area contributed by atoms with Crippen LogP contribution in [0.25, 0.3) is 16.9 Å². The Balaban J connectivity index is 2.12. The minimum Gasteiger partial charge on any atom is -0.394 e. The molecule has 0 fully saturated rings. The second-order valence-corrected chi connectivity index (χ2v) is 8.07. The summed E-state index contributed by atoms with van der Waals surface area (Å²) in [6.45, 7) is 3.69. The second-order valence-electron chi connectivity index (χ2n) is 7.63. The van der Waals surface area contributed by atoms with Gasteiger partial charge in [0, 0.05) is 10.6 Å². The summed E-state index contributed by atoms with van der Waals surface area (Å²) in [7, 11) is 0. The first-order valence-corrected chi connectivity index (χ1v) is 10.2. The molecule has 162 valence electrons. The quantitative estimate of drug-likeness (QED) is 0.581. The van der Waals surface area contributed by atoms with Gasteiger partial charge in [-0.1, -0.05) is 43.6 Å². The van der Waals surface area contributed by atoms with E-state index in [4.69, 9.17) is 11.6 Å². The molecule has 2 aromatic carbocycles. The summed E-state index contributed by atoms with van der Waals surface area (Å²) in [5.41, 5.74) is 0.309. The van der Waals surface area contributed by atoms with E-state index in [0.29, 0.717) is 22.7 Å². The number of carbonyl (C=O) groups is 1. The van der Waals surface area contributed by atoms with E-state index in [1.54, 1.807) is 24.3 Å². The van der Waals surface area contributed by atoms with Crippen molar-refractivity contribution in [1.82, 2.24) is 15.1 Å². The molecule has 0 spiro atoms. The van der Waals surface area contributed by atoms with Gasteiger partial charge in [-0.2, -0.15) is 9.78 Å². The largest absolute Gasteiger partial charge is 0.394 e. The van der Waals surface area contributed by atoms with Crippen LogP contribution in [0.15, 0.2) is 59.4 Å². The lowest BCUT2D eigenvalue weighted by Crippen LogP contribution is -2.41. The van der Waals surface area contributed by atoms with Gasteiger partial charge in [0.15, 0.2) is 0 Å². The first-order valence-electron chi connectivity index (χ1n) is 9.86. The lowest BCUT2D eigenvalue weighted by Gasteiger charge is -2.18. The van der Waals surface area contributed by atoms with Gasteiger partial charge in [0.05, 0.1) is 24.0 Å². The van der Waals surface area contributed by atoms with Crippen LogP contribution in [-0.4, -0.2) is 33.4 Å². The van der Waals surface area contributed by atoms with Crippen molar-refractivity contribution in [1.29, 1.82) is 0 Å². The molecule has 0 saturated carbocycles. The minimum atomic E-state index is -0.693. The minimum absolute atomic E-state index is 0.161. The van der Waals surface area contributed by atoms with E-state index in [-0.39, 0.29) is 23.8 Å². The highest BCUT2D eigenvalue weighted by Crippen LogP contribution is 2.20. The van der Waals surface area contributed by atoms with Crippen molar-refractivity contribution in [3.63, 3.8) is 0 Å². The van der Waals surface area contributed by atoms with Crippen LogP contribution in [-0.2, 0) is 0 Å². The third kappa shape index (κ3) is 5.57. The van der Waals surface area contributed by atoms with E-state index < -0.39 is 23.3 Å². The zero-order chi connectivity index (χ0) is 22.5. The molecule has 2 N–H and O–H groups in total. The molecule has 6 nitrogen and oxygen atoms in total. The first kappa shape index (κ1) is 22.7. The number of benzene rings is 2. The van der Waals surface area contributed by atoms with Crippen LogP contribution in [0.2, 0.25) is 5.02 Å². The smallest absolute Gasteiger partial charge is 0.284 e. The maximum atomic E-state index is 13.8. The molecule has 0 radical (unpaired) electrons. The van der Waals surface area contributed by atoms with E-state index in [1.165, 1.54) is 24.3 Å². The van der Waals surface area contributed by atoms with E-state index in [0.717, 1.165) is 10.7 Å². The molecular formula is C23H23ClFN3O3. The number of nitrogens with one attached hydrogen (secondary N) is 1. The Hall–Kier alpha value is -3.03. The third-order valence-corrected chi connectivity index (χ3v) is 4.91. The lowest BCUT2D eigenvalue weighted by molar-refractivity contribution is 0.0906. The van der Waals surface area contributed by atoms with Crippen LogP contribution in [0.4, 0.5) is 4.39 Å². The Morgan fingerprint density at radius 3 is 2.52 bits per heavy atom. The molecule has 0 aliphatic carbocycles. The zero-order valence-corrected chi connectivity index (χ0v) is 17.9. The van der Waals surface area contributed by atoms with Crippen LogP contribution in [0.1, 0.15) is 30.6 Å². The Bertz CT molecular complexity index is 1130. The van der Waals surface area contributed by atoms with Gasteiger partial charge in [0.2, 0.25) is 0 Å². The fourth-order valence-corrected chi connectivity index (χ4v) is 3.34. The number of rotatable bonds is 7. The summed E-state index contributed by atoms with van der Waals surface area (Å²) in [5, 5.41) is 17.2. The summed E-state index contributed by atoms with van der Waals surface area (Å²) in [4.78, 5) is 26.0. The average Bonchev–Trinajstić information content (AvgIpc) is 2.73. The SMILES string of the molecule is CC(C)CC(CO)NC(=O)c1cc(-c2ccc(Cl)cc2)nn(-c2cccc(F)c2)c1=O. The van der Waals surface area contributed by atoms with Crippen molar-refractivity contribution in [3.8, 4) is 16.9 Å². The Morgan fingerprint density at radius 2 is 1.90 bits per heavy atom. The van der Waals surface area contributed by atoms with Crippen LogP contribution in [0, 0.1) is 11.7 Å². The van der Waals surface area contributed by atoms with Gasteiger partial charge in [0.25, 0.3) is 11.5 Å². The fraction of sp³-hybridized carbons (Fsp3) is 0.261. The molecule has 3 rings (SSSR count). The number of hydrogen-bond acceptors (Lipinski definition) is 4. The van der Waals surface area contributed by atoms with Crippen LogP contribution < -0.4 is 10.9 Å². The van der Waals surface area contributed by atoms with Crippen LogP contribution >= 0.6 is 11.6 Å². The summed E-state index contributed by atoms with van der Waals surface area (Å²) >= 11 is 5.96. The highest BCUT2D eigenvalue weighted by Gasteiger charge is 2.21. The molecule has 3 aromatic rings. The summed E-state index contributed by atoms with van der Waals surface area (Å²) in [6.07, 6.45) is 0.551. The molecule has 1 atom stereocenters. The molecule has 0 aliphatic heterocycles. The number of halogens is 2. The fourth-order valence-electron chi connectivity index (χ4n) is 3.21. The predicted molar refractivity (Wildman–Crippen MR) is 118 cm³/mol. The molecule has 1 heterocycles. The van der Waals surface area contributed by atoms with Gasteiger partial charge >= 0.3 is 0 Å². The number of hydrogen-bond donors (Lipinski definition) is 2. The van der Waals surface area contributed by atoms with Gasteiger partial charge in [-0.25, -0.2) is 4.39 Å². The Morgan fingerprint density at radius 1 is 1.19 bits per heavy atom. The van der Waals surface area contributed by atoms with Gasteiger partial charge < -0.3 is 10.4 Å². The van der Waals surface area contributed by atoms with Crippen molar-refractivity contribution in [2.45, 2.75) is 26.3 Å². The van der Waals surface area contributed by atoms with Gasteiger partial charge in [-0.15, -0.1) is 0 Å². The summed E-state index contributed by atoms with van der Waals surface area (Å²) < 4.78 is 14.8. The van der Waals surface area contributed by atoms with Crippen molar-refractivity contribution in [2.24, 2.45) is 5.92 Å². The molecule has 0 saturated heterocycles. The summed E-state index contributed by atoms with van der Waals surface area (Å²) in [5.74, 6) is -0.928. The van der Waals surface area contributed by atoms with Crippen molar-refractivity contribution in [2.75, 3.05) is 6.61 Å². The Labute approximate surface area is 184 Å². The number of aliphatic hydroxyl groups is 1. The average molecular weight is 444 g/mol. The molecule has 31 heavy (non-hydrogen) atoms. The van der Waals surface area contributed by atoms with Gasteiger partial charge in [-0.3, -0.25) is 9.59 Å². The van der Waals surface area contributed by atoms with Crippen molar-refractivity contribution in [3.05, 3.63) is 81.4 Å². The molecule has 8 heteroatoms. The highest BCUT2D eigenvalue weighted by atomic mass is 35.5. The van der Waals surface area contributed by atoms with E-state index in [2.05, 4.69) is 10.4 Å². The third-order valence-electron chi connectivity index (χ3n) is 4.66. The van der Waals surface area contributed by atoms with E-state index >= 15 is 0 Å². The Kier molecular flexibility index (Phi) is 7.20. The highest BCUT2D eigenvalue weighted by molar-refractivity contribution is 6.30. The molecule has 1 unspecified atom stereocenters. The molecule has 1 amide bonds. The van der Waals surface area contributed by atoms with Crippen molar-refractivity contribution < 1.29 is 14.3 Å². The number of aromatic nitrogens is 2. The molecule has 1 aromatic heterocycles. The lowest BCUT2D eigenvalue weighted by atomic mass is 10.0. The second kappa shape index (κ2) is 9.85. The number of carbonyl (C=O) groups excluding carboxylic acids is 1. The maximum absolute atomic E-state index is 13.8. The topological polar surface area (TPSA) is 84.2 Å². The first-order chi connectivity index (χ1) is 14.8. The van der Waals surface area contributed by atoms with Crippen molar-refractivity contribution >= 4 is 17.5 Å². The molecule has 0 bridgehead atoms. The normalized spacial score (nSPS) is 12.1. The monoisotopic (exact) mass is 443 g/mol. The molecular weight excluding hydrogens is 421 g/mol. The van der Waals surface area contributed by atoms with Gasteiger partial charge in [0.1, 0.15) is 11.4 Å². The van der Waals surface area contributed by atoms with E-state index in [9.17, 15) is 19.1 Å². The van der Waals surface area contributed by atoms with E-state index in [1.807, 2.05) is 13.8 Å². The molecule has 0 aliphatic rings. The predicted octanol–water partition coefficient (Wildman–Crippen LogP) is 3.83. The van der Waals surface area contributed by atoms with Crippen LogP contribution in [0.3, 0.4) is 0 Å². The maximum Gasteiger partial charge on any atom is 0.284 e. The zero-order valence-electron chi connectivity index (χ0n) is 17.2. The standard InChI is InChI=1S/C23H23ClFN3O3/c1-14(2)10-18(13-29)26-22(30)20-12-21(15-6-8-16(24)9-7-15)27-28(23(20)31)19-5-3-4-17(25)11-19/h3-9,11-12,14,18,29H,10,13H2,1-2H3,(H,26,30). The van der Waals surface area contributed by atoms with Gasteiger partial charge in [-0.05, 0) is 48.7 Å². The summed E-state index contributed by atoms with van der Waals surface area (Å²) in [6, 6.07) is 13.0. The number of amides is 1. The number of aliphatic hydroxyl groups excluding tert-OH is 1. The van der Waals surface area contributed by atoms with Crippen LogP contribution in [0.5, 0.6) is 0 Å². The number of nitrogens with zero attached hydrogens (tertiary/aromatic N) is 2.